The Kier molecular flexibility index (Phi) is 5.88. The van der Waals surface area contributed by atoms with Gasteiger partial charge in [-0.25, -0.2) is 18.4 Å². The number of nitrogens with two attached hydrogens (primary N) is 1. The van der Waals surface area contributed by atoms with Crippen LogP contribution in [0.2, 0.25) is 0 Å². The maximum absolute atomic E-state index is 12.3. The highest BCUT2D eigenvalue weighted by atomic mass is 32.2. The molecule has 1 saturated heterocycles. The van der Waals surface area contributed by atoms with E-state index in [1.165, 1.54) is 6.20 Å². The molecule has 4 rings (SSSR count). The zero-order chi connectivity index (χ0) is 22.0. The van der Waals surface area contributed by atoms with Crippen molar-refractivity contribution in [1.82, 2.24) is 25.5 Å². The molecule has 0 saturated carbocycles. The molecule has 10 nitrogen and oxygen atoms in total. The quantitative estimate of drug-likeness (QED) is 0.512. The molecule has 3 heterocycles. The van der Waals surface area contributed by atoms with Crippen LogP contribution < -0.4 is 16.4 Å². The first-order chi connectivity index (χ1) is 14.8. The molecule has 1 unspecified atom stereocenters. The van der Waals surface area contributed by atoms with Crippen molar-refractivity contribution in [2.75, 3.05) is 24.1 Å². The highest BCUT2D eigenvalue weighted by Crippen LogP contribution is 2.27. The first-order valence-corrected chi connectivity index (χ1v) is 11.7. The summed E-state index contributed by atoms with van der Waals surface area (Å²) in [5, 5.41) is 14.1. The van der Waals surface area contributed by atoms with E-state index in [1.54, 1.807) is 38.1 Å². The average molecular weight is 450 g/mol. The van der Waals surface area contributed by atoms with Crippen LogP contribution in [0.3, 0.4) is 0 Å². The number of benzene rings is 1. The molecular formula is C20H31N7O3S. The van der Waals surface area contributed by atoms with Crippen molar-refractivity contribution in [3.63, 3.8) is 0 Å². The van der Waals surface area contributed by atoms with E-state index in [9.17, 15) is 8.42 Å². The Morgan fingerprint density at radius 3 is 2.71 bits per heavy atom. The lowest BCUT2D eigenvalue weighted by atomic mass is 10.1. The van der Waals surface area contributed by atoms with E-state index in [4.69, 9.17) is 10.2 Å². The highest BCUT2D eigenvalue weighted by molar-refractivity contribution is 7.92. The number of nitrogens with one attached hydrogen (secondary N) is 2. The fourth-order valence-electron chi connectivity index (χ4n) is 3.31. The van der Waals surface area contributed by atoms with E-state index >= 15 is 0 Å². The standard InChI is InChI=1S/C20H25N7O3S.3H2/c1-12(2)31(28,29)15-7-5-13(6-8-15)16-11-23-18(21)17(25-16)19-26-27-20(30-19)24-14-4-3-9-22-10-14;;;/h5-8,11-12,14,22H,3-4,9-10H2,1-2H3,(H2,21,23)(H,24,27);3*1H. The summed E-state index contributed by atoms with van der Waals surface area (Å²) in [7, 11) is -3.34. The molecule has 1 aliphatic heterocycles. The van der Waals surface area contributed by atoms with Gasteiger partial charge in [-0.1, -0.05) is 17.2 Å². The number of rotatable bonds is 6. The Labute approximate surface area is 185 Å². The van der Waals surface area contributed by atoms with Gasteiger partial charge in [0.05, 0.1) is 22.0 Å². The molecule has 0 aliphatic carbocycles. The van der Waals surface area contributed by atoms with Crippen molar-refractivity contribution in [3.8, 4) is 22.8 Å². The molecule has 11 heteroatoms. The van der Waals surface area contributed by atoms with Gasteiger partial charge >= 0.3 is 6.01 Å². The smallest absolute Gasteiger partial charge is 0.316 e. The predicted molar refractivity (Wildman–Crippen MR) is 123 cm³/mol. The number of sulfone groups is 1. The molecule has 1 fully saturated rings. The second-order valence-corrected chi connectivity index (χ2v) is 10.2. The van der Waals surface area contributed by atoms with Gasteiger partial charge in [0.15, 0.2) is 21.3 Å². The molecule has 1 aromatic carbocycles. The van der Waals surface area contributed by atoms with Crippen molar-refractivity contribution in [1.29, 1.82) is 0 Å². The molecule has 0 radical (unpaired) electrons. The van der Waals surface area contributed by atoms with Gasteiger partial charge in [-0.3, -0.25) is 0 Å². The van der Waals surface area contributed by atoms with Gasteiger partial charge in [-0.15, -0.1) is 5.10 Å². The first-order valence-electron chi connectivity index (χ1n) is 10.1. The lowest BCUT2D eigenvalue weighted by Crippen LogP contribution is -2.38. The van der Waals surface area contributed by atoms with E-state index in [2.05, 4.69) is 30.8 Å². The first kappa shape index (κ1) is 21.2. The molecule has 2 aromatic heterocycles. The number of hydrogen-bond acceptors (Lipinski definition) is 10. The highest BCUT2D eigenvalue weighted by Gasteiger charge is 2.21. The number of hydrogen-bond donors (Lipinski definition) is 3. The van der Waals surface area contributed by atoms with Crippen molar-refractivity contribution in [2.24, 2.45) is 0 Å². The lowest BCUT2D eigenvalue weighted by molar-refractivity contribution is 0.465. The molecule has 0 spiro atoms. The van der Waals surface area contributed by atoms with Crippen LogP contribution in [0.15, 0.2) is 39.8 Å². The third-order valence-electron chi connectivity index (χ3n) is 5.15. The number of nitrogen functional groups attached to an aromatic ring is 1. The van der Waals surface area contributed by atoms with Crippen LogP contribution in [0.1, 0.15) is 31.0 Å². The summed E-state index contributed by atoms with van der Waals surface area (Å²) >= 11 is 0. The second-order valence-electron chi connectivity index (χ2n) is 7.71. The maximum atomic E-state index is 12.3. The van der Waals surface area contributed by atoms with Crippen molar-refractivity contribution < 1.29 is 17.1 Å². The molecule has 1 aliphatic rings. The van der Waals surface area contributed by atoms with Crippen LogP contribution >= 0.6 is 0 Å². The van der Waals surface area contributed by atoms with Gasteiger partial charge in [-0.2, -0.15) is 0 Å². The molecule has 4 N–H and O–H groups in total. The SMILES string of the molecule is CC(C)S(=O)(=O)c1ccc(-c2cnc(N)c(-c3nnc(NC4CCCNC4)o3)n2)cc1.[HH].[HH].[HH]. The summed E-state index contributed by atoms with van der Waals surface area (Å²) < 4.78 is 30.4. The maximum Gasteiger partial charge on any atom is 0.316 e. The zero-order valence-corrected chi connectivity index (χ0v) is 18.2. The Hall–Kier alpha value is -3.05. The van der Waals surface area contributed by atoms with Crippen molar-refractivity contribution >= 4 is 21.7 Å². The minimum atomic E-state index is -3.34. The van der Waals surface area contributed by atoms with Crippen LogP contribution in [-0.4, -0.2) is 53.0 Å². The molecule has 3 aromatic rings. The summed E-state index contributed by atoms with van der Waals surface area (Å²) in [4.78, 5) is 8.99. The Balaban J connectivity index is 0.00000193. The third kappa shape index (κ3) is 4.52. The Morgan fingerprint density at radius 1 is 1.26 bits per heavy atom. The zero-order valence-electron chi connectivity index (χ0n) is 17.4. The molecule has 0 amide bonds. The summed E-state index contributed by atoms with van der Waals surface area (Å²) in [6.07, 6.45) is 3.62. The molecule has 170 valence electrons. The monoisotopic (exact) mass is 449 g/mol. The minimum Gasteiger partial charge on any atom is -0.402 e. The van der Waals surface area contributed by atoms with Crippen LogP contribution in [0.5, 0.6) is 0 Å². The summed E-state index contributed by atoms with van der Waals surface area (Å²) in [5.74, 6) is 0.328. The normalized spacial score (nSPS) is 17.1. The summed E-state index contributed by atoms with van der Waals surface area (Å²) in [6, 6.07) is 7.03. The van der Waals surface area contributed by atoms with E-state index in [-0.39, 0.29) is 32.6 Å². The topological polar surface area (TPSA) is 149 Å². The minimum absolute atomic E-state index is 0. The van der Waals surface area contributed by atoms with E-state index in [0.717, 1.165) is 25.9 Å². The van der Waals surface area contributed by atoms with Crippen LogP contribution in [-0.2, 0) is 9.84 Å². The van der Waals surface area contributed by atoms with E-state index in [1.807, 2.05) is 0 Å². The van der Waals surface area contributed by atoms with Gasteiger partial charge in [0.25, 0.3) is 5.89 Å². The van der Waals surface area contributed by atoms with Crippen LogP contribution in [0, 0.1) is 0 Å². The second kappa shape index (κ2) is 8.60. The average Bonchev–Trinajstić information content (AvgIpc) is 3.23. The van der Waals surface area contributed by atoms with Crippen molar-refractivity contribution in [3.05, 3.63) is 30.5 Å². The number of piperidine rings is 1. The number of aromatic nitrogens is 4. The summed E-state index contributed by atoms with van der Waals surface area (Å²) in [6.45, 7) is 5.15. The third-order valence-corrected chi connectivity index (χ3v) is 7.32. The largest absolute Gasteiger partial charge is 0.402 e. The number of anilines is 2. The van der Waals surface area contributed by atoms with Gasteiger partial charge in [0.1, 0.15) is 0 Å². The van der Waals surface area contributed by atoms with Gasteiger partial charge in [0, 0.05) is 22.4 Å². The number of nitrogens with zero attached hydrogens (tertiary/aromatic N) is 4. The fourth-order valence-corrected chi connectivity index (χ4v) is 4.37. The lowest BCUT2D eigenvalue weighted by Gasteiger charge is -2.22. The predicted octanol–water partition coefficient (Wildman–Crippen LogP) is 2.86. The van der Waals surface area contributed by atoms with E-state index < -0.39 is 15.1 Å². The fraction of sp³-hybridized carbons (Fsp3) is 0.400. The van der Waals surface area contributed by atoms with Gasteiger partial charge < -0.3 is 20.8 Å². The molecule has 1 atom stereocenters. The van der Waals surface area contributed by atoms with Gasteiger partial charge in [-0.05, 0) is 45.4 Å². The van der Waals surface area contributed by atoms with Crippen molar-refractivity contribution in [2.45, 2.75) is 42.9 Å². The molecule has 31 heavy (non-hydrogen) atoms. The Morgan fingerprint density at radius 2 is 2.03 bits per heavy atom. The molecule has 0 bridgehead atoms. The van der Waals surface area contributed by atoms with Crippen LogP contribution in [0.4, 0.5) is 11.8 Å². The Bertz CT molecular complexity index is 1170. The molecular weight excluding hydrogens is 418 g/mol. The summed E-state index contributed by atoms with van der Waals surface area (Å²) in [5.41, 5.74) is 7.49. The van der Waals surface area contributed by atoms with Gasteiger partial charge in [0.2, 0.25) is 0 Å². The van der Waals surface area contributed by atoms with Crippen LogP contribution in [0.25, 0.3) is 22.8 Å². The van der Waals surface area contributed by atoms with E-state index in [0.29, 0.717) is 17.3 Å².